The lowest BCUT2D eigenvalue weighted by molar-refractivity contribution is -0.137. The molecular weight excluding hydrogens is 556 g/mol. The Bertz CT molecular complexity index is 1140. The van der Waals surface area contributed by atoms with E-state index in [1.165, 1.54) is 6.07 Å². The fraction of sp³-hybridized carbons (Fsp3) is 0.393. The quantitative estimate of drug-likeness (QED) is 0.0632. The molecule has 41 heavy (non-hydrogen) atoms. The molecule has 1 aliphatic carbocycles. The zero-order valence-corrected chi connectivity index (χ0v) is 23.0. The highest BCUT2D eigenvalue weighted by molar-refractivity contribution is 6.04. The lowest BCUT2D eigenvalue weighted by Gasteiger charge is -2.21. The summed E-state index contributed by atoms with van der Waals surface area (Å²) in [5, 5.41) is 13.8. The van der Waals surface area contributed by atoms with E-state index in [0.29, 0.717) is 12.8 Å². The van der Waals surface area contributed by atoms with Gasteiger partial charge in [-0.15, -0.1) is 12.8 Å². The molecule has 1 amide bonds. The van der Waals surface area contributed by atoms with Gasteiger partial charge >= 0.3 is 12.4 Å². The van der Waals surface area contributed by atoms with E-state index in [-0.39, 0.29) is 12.2 Å². The fourth-order valence-corrected chi connectivity index (χ4v) is 3.24. The topological polar surface area (TPSA) is 91.2 Å². The van der Waals surface area contributed by atoms with Crippen molar-refractivity contribution >= 4 is 18.1 Å². The van der Waals surface area contributed by atoms with Crippen LogP contribution in [0.5, 0.6) is 5.75 Å². The maximum absolute atomic E-state index is 13.6. The van der Waals surface area contributed by atoms with Gasteiger partial charge in [-0.25, -0.2) is 0 Å². The third-order valence-corrected chi connectivity index (χ3v) is 5.15. The number of carboxylic acid groups (broad SMARTS) is 1. The minimum absolute atomic E-state index is 0.187. The van der Waals surface area contributed by atoms with E-state index < -0.39 is 48.2 Å². The number of ether oxygens (including phenoxy) is 1. The summed E-state index contributed by atoms with van der Waals surface area (Å²) in [5.41, 5.74) is -1.22. The maximum atomic E-state index is 13.6. The van der Waals surface area contributed by atoms with Crippen LogP contribution in [0, 0.1) is 12.8 Å². The number of amides is 1. The highest BCUT2D eigenvalue weighted by Gasteiger charge is 2.47. The van der Waals surface area contributed by atoms with E-state index in [0.717, 1.165) is 41.4 Å². The van der Waals surface area contributed by atoms with Crippen LogP contribution in [-0.4, -0.2) is 53.7 Å². The van der Waals surface area contributed by atoms with Gasteiger partial charge in [0.25, 0.3) is 6.47 Å². The zero-order chi connectivity index (χ0) is 31.9. The van der Waals surface area contributed by atoms with Crippen molar-refractivity contribution < 1.29 is 45.8 Å². The number of carbonyl (C=O) groups is 2. The van der Waals surface area contributed by atoms with Crippen LogP contribution in [0.15, 0.2) is 64.8 Å². The van der Waals surface area contributed by atoms with Crippen LogP contribution in [0.2, 0.25) is 0 Å². The number of allylic oxidation sites excluding steroid dienone is 4. The van der Waals surface area contributed by atoms with Crippen molar-refractivity contribution in [3.63, 3.8) is 0 Å². The Labute approximate surface area is 235 Å². The molecule has 0 aliphatic heterocycles. The number of terminal acetylenes is 1. The summed E-state index contributed by atoms with van der Waals surface area (Å²) >= 11 is 0. The first kappa shape index (κ1) is 36.8. The highest BCUT2D eigenvalue weighted by atomic mass is 19.4. The molecule has 1 aromatic carbocycles. The van der Waals surface area contributed by atoms with Crippen LogP contribution in [-0.2, 0) is 15.8 Å². The molecule has 0 radical (unpaired) electrons. The Morgan fingerprint density at radius 2 is 1.76 bits per heavy atom. The maximum Gasteiger partial charge on any atom is 0.431 e. The summed E-state index contributed by atoms with van der Waals surface area (Å²) in [6.07, 6.45) is 5.97. The molecule has 1 aromatic rings. The number of nitrogens with one attached hydrogen (secondary N) is 1. The predicted molar refractivity (Wildman–Crippen MR) is 144 cm³/mol. The van der Waals surface area contributed by atoms with Gasteiger partial charge in [0.05, 0.1) is 17.5 Å². The second-order valence-corrected chi connectivity index (χ2v) is 8.78. The van der Waals surface area contributed by atoms with E-state index in [1.807, 2.05) is 32.1 Å². The van der Waals surface area contributed by atoms with Crippen molar-refractivity contribution in [3.8, 4) is 18.6 Å². The van der Waals surface area contributed by atoms with Crippen molar-refractivity contribution in [1.82, 2.24) is 10.3 Å². The molecule has 0 atom stereocenters. The average Bonchev–Trinajstić information content (AvgIpc) is 3.65. The van der Waals surface area contributed by atoms with Gasteiger partial charge in [-0.1, -0.05) is 35.9 Å². The number of hydrogen-bond donors (Lipinski definition) is 2. The number of alkyl halides is 6. The number of benzene rings is 1. The smallest absolute Gasteiger partial charge is 0.431 e. The molecule has 0 saturated heterocycles. The van der Waals surface area contributed by atoms with Crippen LogP contribution in [0.4, 0.5) is 26.3 Å². The summed E-state index contributed by atoms with van der Waals surface area (Å²) in [7, 11) is 1.16. The summed E-state index contributed by atoms with van der Waals surface area (Å²) in [6.45, 7) is 4.80. The predicted octanol–water partition coefficient (Wildman–Crippen LogP) is 6.35. The van der Waals surface area contributed by atoms with E-state index >= 15 is 0 Å². The SMILES string of the molecule is C#C.C/C=C\C(=C/C=C(C)C)C1(NC(=O)C/C(=N\N(C)COc2cccc(C(F)(F)F)c2)C(F)(F)F)CC1.O=CO. The van der Waals surface area contributed by atoms with E-state index in [9.17, 15) is 31.1 Å². The minimum Gasteiger partial charge on any atom is -0.483 e. The first-order valence-electron chi connectivity index (χ1n) is 11.9. The van der Waals surface area contributed by atoms with E-state index in [1.54, 1.807) is 13.0 Å². The monoisotopic (exact) mass is 589 g/mol. The molecule has 7 nitrogen and oxygen atoms in total. The van der Waals surface area contributed by atoms with Crippen LogP contribution < -0.4 is 10.1 Å². The van der Waals surface area contributed by atoms with Crippen molar-refractivity contribution in [1.29, 1.82) is 0 Å². The Morgan fingerprint density at radius 1 is 1.17 bits per heavy atom. The third kappa shape index (κ3) is 13.6. The normalized spacial score (nSPS) is 14.4. The molecule has 1 aliphatic rings. The zero-order valence-electron chi connectivity index (χ0n) is 23.0. The first-order chi connectivity index (χ1) is 19.1. The van der Waals surface area contributed by atoms with Crippen LogP contribution in [0.1, 0.15) is 45.6 Å². The lowest BCUT2D eigenvalue weighted by Crippen LogP contribution is -2.41. The summed E-state index contributed by atoms with van der Waals surface area (Å²) in [5.74, 6) is -1.03. The Morgan fingerprint density at radius 3 is 2.22 bits per heavy atom. The standard InChI is InChI=1S/C25H29F6N3O2.C2H2.CH2O2/c1-5-7-18(11-10-17(2)3)23(12-13-23)32-22(35)15-21(25(29,30)31)33-34(4)16-36-20-9-6-8-19(14-20)24(26,27)28;1-2;2-1-3/h5-11,14H,12-13,15-16H2,1-4H3,(H,32,35);1-2H;1H,(H,2,3)/b7-5-,18-11+,33-21+;;. The van der Waals surface area contributed by atoms with Gasteiger partial charge in [-0.2, -0.15) is 31.4 Å². The lowest BCUT2D eigenvalue weighted by atomic mass is 10.0. The van der Waals surface area contributed by atoms with Gasteiger partial charge in [-0.05, 0) is 57.4 Å². The Balaban J connectivity index is 0.00000299. The van der Waals surface area contributed by atoms with Gasteiger partial charge in [0.2, 0.25) is 5.91 Å². The van der Waals surface area contributed by atoms with Gasteiger partial charge in [0.1, 0.15) is 5.75 Å². The molecular formula is C28H33F6N3O4. The highest BCUT2D eigenvalue weighted by Crippen LogP contribution is 2.43. The summed E-state index contributed by atoms with van der Waals surface area (Å²) < 4.78 is 84.4. The summed E-state index contributed by atoms with van der Waals surface area (Å²) in [6, 6.07) is 3.94. The number of halogens is 6. The fourth-order valence-electron chi connectivity index (χ4n) is 3.24. The van der Waals surface area contributed by atoms with Crippen molar-refractivity contribution in [2.24, 2.45) is 5.10 Å². The number of hydrazone groups is 1. The van der Waals surface area contributed by atoms with Crippen molar-refractivity contribution in [3.05, 3.63) is 65.3 Å². The largest absolute Gasteiger partial charge is 0.483 e. The molecule has 2 rings (SSSR count). The van der Waals surface area contributed by atoms with Crippen LogP contribution >= 0.6 is 0 Å². The molecule has 0 spiro atoms. The van der Waals surface area contributed by atoms with Gasteiger partial charge < -0.3 is 15.2 Å². The van der Waals surface area contributed by atoms with E-state index in [4.69, 9.17) is 14.6 Å². The molecule has 2 N–H and O–H groups in total. The number of rotatable bonds is 10. The average molecular weight is 590 g/mol. The second kappa shape index (κ2) is 16.8. The molecule has 0 heterocycles. The van der Waals surface area contributed by atoms with Crippen molar-refractivity contribution in [2.45, 2.75) is 57.9 Å². The molecule has 226 valence electrons. The van der Waals surface area contributed by atoms with Crippen molar-refractivity contribution in [2.75, 3.05) is 13.8 Å². The van der Waals surface area contributed by atoms with Crippen LogP contribution in [0.25, 0.3) is 0 Å². The molecule has 0 unspecified atom stereocenters. The Hall–Kier alpha value is -4.21. The molecule has 0 bridgehead atoms. The van der Waals surface area contributed by atoms with Gasteiger partial charge in [0.15, 0.2) is 12.4 Å². The number of carbonyl (C=O) groups excluding carboxylic acids is 1. The van der Waals surface area contributed by atoms with Gasteiger partial charge in [-0.3, -0.25) is 14.6 Å². The first-order valence-corrected chi connectivity index (χ1v) is 11.9. The second-order valence-electron chi connectivity index (χ2n) is 8.78. The number of nitrogens with zero attached hydrogens (tertiary/aromatic N) is 2. The molecule has 1 saturated carbocycles. The number of hydrogen-bond acceptors (Lipinski definition) is 5. The molecule has 13 heteroatoms. The Kier molecular flexibility index (Phi) is 15.1. The third-order valence-electron chi connectivity index (χ3n) is 5.15. The molecule has 0 aromatic heterocycles. The van der Waals surface area contributed by atoms with Gasteiger partial charge in [0, 0.05) is 7.05 Å². The van der Waals surface area contributed by atoms with Crippen LogP contribution in [0.3, 0.4) is 0 Å². The summed E-state index contributed by atoms with van der Waals surface area (Å²) in [4.78, 5) is 20.9. The molecule has 1 fully saturated rings. The minimum atomic E-state index is -4.90. The van der Waals surface area contributed by atoms with E-state index in [2.05, 4.69) is 23.3 Å².